The lowest BCUT2D eigenvalue weighted by Gasteiger charge is -2.35. The maximum absolute atomic E-state index is 12.3. The van der Waals surface area contributed by atoms with E-state index in [1.165, 1.54) is 31.2 Å². The van der Waals surface area contributed by atoms with Crippen molar-refractivity contribution in [3.63, 3.8) is 0 Å². The number of rotatable bonds is 4. The van der Waals surface area contributed by atoms with E-state index in [9.17, 15) is 8.42 Å². The van der Waals surface area contributed by atoms with Crippen molar-refractivity contribution in [3.05, 3.63) is 23.8 Å². The molecule has 0 aromatic heterocycles. The Labute approximate surface area is 157 Å². The fourth-order valence-electron chi connectivity index (χ4n) is 3.22. The standard InChI is InChI=1S/C18H29N3O2S2/c1-12-7-6-8-16(14(12)3)19-18(24)20-17-11-15(10-9-13(17)2)25(22,23)21(4)5/h9-12,14,16H,6-8H2,1-5H3,(H2,19,20,24)/t12-,14-,16-/m0/s1. The van der Waals surface area contributed by atoms with Crippen molar-refractivity contribution in [2.75, 3.05) is 19.4 Å². The number of hydrogen-bond donors (Lipinski definition) is 2. The molecular formula is C18H29N3O2S2. The van der Waals surface area contributed by atoms with Crippen LogP contribution in [0.4, 0.5) is 5.69 Å². The molecule has 0 radical (unpaired) electrons. The molecule has 1 fully saturated rings. The number of benzene rings is 1. The molecule has 1 aliphatic rings. The lowest BCUT2D eigenvalue weighted by molar-refractivity contribution is 0.225. The summed E-state index contributed by atoms with van der Waals surface area (Å²) in [5.41, 5.74) is 1.67. The molecule has 0 bridgehead atoms. The summed E-state index contributed by atoms with van der Waals surface area (Å²) in [7, 11) is -0.410. The highest BCUT2D eigenvalue weighted by molar-refractivity contribution is 7.89. The second-order valence-corrected chi connectivity index (χ2v) is 9.80. The number of aryl methyl sites for hydroxylation is 1. The maximum Gasteiger partial charge on any atom is 0.242 e. The summed E-state index contributed by atoms with van der Waals surface area (Å²) in [6.45, 7) is 6.48. The Hall–Kier alpha value is -1.18. The Balaban J connectivity index is 2.13. The summed E-state index contributed by atoms with van der Waals surface area (Å²) in [5, 5.41) is 7.15. The van der Waals surface area contributed by atoms with Crippen molar-refractivity contribution >= 4 is 33.0 Å². The minimum atomic E-state index is -3.47. The van der Waals surface area contributed by atoms with Crippen LogP contribution in [0.5, 0.6) is 0 Å². The van der Waals surface area contributed by atoms with E-state index in [4.69, 9.17) is 12.2 Å². The Kier molecular flexibility index (Phi) is 6.45. The molecular weight excluding hydrogens is 354 g/mol. The largest absolute Gasteiger partial charge is 0.359 e. The molecule has 1 aromatic carbocycles. The zero-order chi connectivity index (χ0) is 18.8. The van der Waals surface area contributed by atoms with Crippen LogP contribution in [0.25, 0.3) is 0 Å². The van der Waals surface area contributed by atoms with Crippen LogP contribution >= 0.6 is 12.2 Å². The average molecular weight is 384 g/mol. The van der Waals surface area contributed by atoms with Crippen LogP contribution in [-0.2, 0) is 10.0 Å². The smallest absolute Gasteiger partial charge is 0.242 e. The predicted molar refractivity (Wildman–Crippen MR) is 107 cm³/mol. The van der Waals surface area contributed by atoms with Crippen LogP contribution in [0, 0.1) is 18.8 Å². The monoisotopic (exact) mass is 383 g/mol. The zero-order valence-corrected chi connectivity index (χ0v) is 17.3. The van der Waals surface area contributed by atoms with Crippen LogP contribution in [-0.4, -0.2) is 38.0 Å². The van der Waals surface area contributed by atoms with Crippen molar-refractivity contribution in [1.82, 2.24) is 9.62 Å². The molecule has 2 rings (SSSR count). The molecule has 0 spiro atoms. The van der Waals surface area contributed by atoms with Crippen molar-refractivity contribution in [1.29, 1.82) is 0 Å². The zero-order valence-electron chi connectivity index (χ0n) is 15.7. The van der Waals surface area contributed by atoms with Gasteiger partial charge in [0, 0.05) is 25.8 Å². The van der Waals surface area contributed by atoms with Crippen molar-refractivity contribution in [2.24, 2.45) is 11.8 Å². The summed E-state index contributed by atoms with van der Waals surface area (Å²) in [6.07, 6.45) is 3.59. The van der Waals surface area contributed by atoms with Gasteiger partial charge in [-0.2, -0.15) is 0 Å². The molecule has 25 heavy (non-hydrogen) atoms. The van der Waals surface area contributed by atoms with E-state index >= 15 is 0 Å². The molecule has 0 aliphatic heterocycles. The van der Waals surface area contributed by atoms with Crippen LogP contribution in [0.1, 0.15) is 38.7 Å². The van der Waals surface area contributed by atoms with Gasteiger partial charge in [0.15, 0.2) is 5.11 Å². The van der Waals surface area contributed by atoms with Gasteiger partial charge in [0.1, 0.15) is 0 Å². The molecule has 1 saturated carbocycles. The highest BCUT2D eigenvalue weighted by Crippen LogP contribution is 2.29. The molecule has 5 nitrogen and oxygen atoms in total. The van der Waals surface area contributed by atoms with Gasteiger partial charge in [0.2, 0.25) is 10.0 Å². The molecule has 3 atom stereocenters. The SMILES string of the molecule is Cc1ccc(S(=O)(=O)N(C)C)cc1NC(=S)N[C@H]1CCC[C@H](C)[C@@H]1C. The minimum absolute atomic E-state index is 0.257. The summed E-state index contributed by atoms with van der Waals surface area (Å²) in [5.74, 6) is 1.25. The number of hydrogen-bond acceptors (Lipinski definition) is 3. The van der Waals surface area contributed by atoms with E-state index in [0.717, 1.165) is 17.7 Å². The fraction of sp³-hybridized carbons (Fsp3) is 0.611. The quantitative estimate of drug-likeness (QED) is 0.781. The van der Waals surface area contributed by atoms with Gasteiger partial charge in [0.25, 0.3) is 0 Å². The minimum Gasteiger partial charge on any atom is -0.359 e. The molecule has 2 N–H and O–H groups in total. The first-order valence-corrected chi connectivity index (χ1v) is 10.6. The van der Waals surface area contributed by atoms with E-state index in [1.807, 2.05) is 6.92 Å². The number of thiocarbonyl (C=S) groups is 1. The topological polar surface area (TPSA) is 61.4 Å². The normalized spacial score (nSPS) is 24.2. The van der Waals surface area contributed by atoms with E-state index in [-0.39, 0.29) is 4.90 Å². The number of anilines is 1. The lowest BCUT2D eigenvalue weighted by Crippen LogP contribution is -2.45. The highest BCUT2D eigenvalue weighted by Gasteiger charge is 2.27. The summed E-state index contributed by atoms with van der Waals surface area (Å²) < 4.78 is 25.9. The van der Waals surface area contributed by atoms with Crippen molar-refractivity contribution < 1.29 is 8.42 Å². The fourth-order valence-corrected chi connectivity index (χ4v) is 4.41. The molecule has 0 heterocycles. The van der Waals surface area contributed by atoms with Crippen molar-refractivity contribution in [3.8, 4) is 0 Å². The third-order valence-electron chi connectivity index (χ3n) is 5.26. The molecule has 0 amide bonds. The molecule has 140 valence electrons. The Morgan fingerprint density at radius 2 is 1.92 bits per heavy atom. The molecule has 0 saturated heterocycles. The Morgan fingerprint density at radius 3 is 2.56 bits per heavy atom. The van der Waals surface area contributed by atoms with Crippen LogP contribution < -0.4 is 10.6 Å². The van der Waals surface area contributed by atoms with Gasteiger partial charge >= 0.3 is 0 Å². The van der Waals surface area contributed by atoms with Gasteiger partial charge in [-0.05, 0) is 55.1 Å². The number of sulfonamides is 1. The predicted octanol–water partition coefficient (Wildman–Crippen LogP) is 3.36. The van der Waals surface area contributed by atoms with Gasteiger partial charge in [-0.25, -0.2) is 12.7 Å². The van der Waals surface area contributed by atoms with Crippen molar-refractivity contribution in [2.45, 2.75) is 51.0 Å². The first-order valence-electron chi connectivity index (χ1n) is 8.73. The molecule has 1 aromatic rings. The Morgan fingerprint density at radius 1 is 1.24 bits per heavy atom. The summed E-state index contributed by atoms with van der Waals surface area (Å²) in [6, 6.07) is 5.42. The maximum atomic E-state index is 12.3. The third-order valence-corrected chi connectivity index (χ3v) is 7.29. The van der Waals surface area contributed by atoms with Gasteiger partial charge < -0.3 is 10.6 Å². The second kappa shape index (κ2) is 8.01. The van der Waals surface area contributed by atoms with E-state index in [2.05, 4.69) is 24.5 Å². The van der Waals surface area contributed by atoms with E-state index in [1.54, 1.807) is 18.2 Å². The highest BCUT2D eigenvalue weighted by atomic mass is 32.2. The summed E-state index contributed by atoms with van der Waals surface area (Å²) in [4.78, 5) is 0.257. The van der Waals surface area contributed by atoms with Gasteiger partial charge in [0.05, 0.1) is 4.90 Å². The first-order chi connectivity index (χ1) is 11.6. The van der Waals surface area contributed by atoms with E-state index in [0.29, 0.717) is 23.0 Å². The molecule has 7 heteroatoms. The lowest BCUT2D eigenvalue weighted by atomic mass is 9.78. The van der Waals surface area contributed by atoms with Gasteiger partial charge in [-0.15, -0.1) is 0 Å². The molecule has 0 unspecified atom stereocenters. The Bertz CT molecular complexity index is 732. The second-order valence-electron chi connectivity index (χ2n) is 7.24. The molecule has 1 aliphatic carbocycles. The number of nitrogens with zero attached hydrogens (tertiary/aromatic N) is 1. The number of nitrogens with one attached hydrogen (secondary N) is 2. The third kappa shape index (κ3) is 4.71. The first kappa shape index (κ1) is 20.1. The van der Waals surface area contributed by atoms with E-state index < -0.39 is 10.0 Å². The average Bonchev–Trinajstić information content (AvgIpc) is 2.53. The van der Waals surface area contributed by atoms with Gasteiger partial charge in [-0.3, -0.25) is 0 Å². The summed E-state index contributed by atoms with van der Waals surface area (Å²) >= 11 is 5.47. The van der Waals surface area contributed by atoms with Gasteiger partial charge in [-0.1, -0.05) is 32.8 Å². The van der Waals surface area contributed by atoms with Crippen LogP contribution in [0.3, 0.4) is 0 Å². The van der Waals surface area contributed by atoms with Crippen LogP contribution in [0.15, 0.2) is 23.1 Å². The van der Waals surface area contributed by atoms with Crippen LogP contribution in [0.2, 0.25) is 0 Å².